The molecule has 14 heavy (non-hydrogen) atoms. The molecule has 0 aliphatic rings. The van der Waals surface area contributed by atoms with Crippen molar-refractivity contribution in [2.75, 3.05) is 6.61 Å². The van der Waals surface area contributed by atoms with Crippen LogP contribution in [0.1, 0.15) is 29.3 Å². The van der Waals surface area contributed by atoms with Crippen molar-refractivity contribution in [3.8, 4) is 5.75 Å². The Morgan fingerprint density at radius 3 is 2.79 bits per heavy atom. The third-order valence-electron chi connectivity index (χ3n) is 1.87. The van der Waals surface area contributed by atoms with Crippen molar-refractivity contribution in [2.45, 2.75) is 20.3 Å². The average Bonchev–Trinajstić information content (AvgIpc) is 2.18. The van der Waals surface area contributed by atoms with Crippen LogP contribution >= 0.6 is 0 Å². The number of hydrogen-bond donors (Lipinski definition) is 1. The SMILES string of the molecule is CCCOC(=O)c1ccc(O)c(C)c1. The Morgan fingerprint density at radius 2 is 2.21 bits per heavy atom. The quantitative estimate of drug-likeness (QED) is 0.751. The Hall–Kier alpha value is -1.51. The average molecular weight is 194 g/mol. The van der Waals surface area contributed by atoms with Crippen molar-refractivity contribution in [3.05, 3.63) is 29.3 Å². The highest BCUT2D eigenvalue weighted by Crippen LogP contribution is 2.17. The summed E-state index contributed by atoms with van der Waals surface area (Å²) in [5, 5.41) is 9.25. The lowest BCUT2D eigenvalue weighted by atomic mass is 10.1. The molecule has 0 aromatic heterocycles. The van der Waals surface area contributed by atoms with E-state index in [0.29, 0.717) is 17.7 Å². The number of ether oxygens (including phenoxy) is 1. The molecule has 0 radical (unpaired) electrons. The minimum absolute atomic E-state index is 0.192. The third-order valence-corrected chi connectivity index (χ3v) is 1.87. The molecule has 3 nitrogen and oxygen atoms in total. The van der Waals surface area contributed by atoms with Crippen molar-refractivity contribution in [2.24, 2.45) is 0 Å². The van der Waals surface area contributed by atoms with Gasteiger partial charge < -0.3 is 9.84 Å². The molecule has 0 unspecified atom stereocenters. The van der Waals surface area contributed by atoms with E-state index in [4.69, 9.17) is 4.74 Å². The van der Waals surface area contributed by atoms with E-state index in [9.17, 15) is 9.90 Å². The fourth-order valence-corrected chi connectivity index (χ4v) is 1.06. The lowest BCUT2D eigenvalue weighted by Crippen LogP contribution is -2.05. The molecule has 1 N–H and O–H groups in total. The second-order valence-corrected chi connectivity index (χ2v) is 3.14. The standard InChI is InChI=1S/C11H14O3/c1-3-6-14-11(13)9-4-5-10(12)8(2)7-9/h4-5,7,12H,3,6H2,1-2H3. The zero-order chi connectivity index (χ0) is 10.6. The molecule has 1 rings (SSSR count). The topological polar surface area (TPSA) is 46.5 Å². The molecule has 0 fully saturated rings. The zero-order valence-corrected chi connectivity index (χ0v) is 8.41. The van der Waals surface area contributed by atoms with Crippen LogP contribution in [0.5, 0.6) is 5.75 Å². The van der Waals surface area contributed by atoms with E-state index < -0.39 is 0 Å². The number of aryl methyl sites for hydroxylation is 1. The lowest BCUT2D eigenvalue weighted by Gasteiger charge is -2.04. The Labute approximate surface area is 83.3 Å². The van der Waals surface area contributed by atoms with Crippen LogP contribution in [0.15, 0.2) is 18.2 Å². The van der Waals surface area contributed by atoms with E-state index >= 15 is 0 Å². The number of benzene rings is 1. The van der Waals surface area contributed by atoms with E-state index in [1.807, 2.05) is 6.92 Å². The molecule has 0 atom stereocenters. The number of hydrogen-bond acceptors (Lipinski definition) is 3. The molecule has 0 bridgehead atoms. The Morgan fingerprint density at radius 1 is 1.50 bits per heavy atom. The van der Waals surface area contributed by atoms with Crippen molar-refractivity contribution in [3.63, 3.8) is 0 Å². The van der Waals surface area contributed by atoms with E-state index in [1.165, 1.54) is 6.07 Å². The van der Waals surface area contributed by atoms with Crippen LogP contribution in [0.25, 0.3) is 0 Å². The van der Waals surface area contributed by atoms with Crippen molar-refractivity contribution in [1.82, 2.24) is 0 Å². The number of phenolic OH excluding ortho intramolecular Hbond substituents is 1. The van der Waals surface area contributed by atoms with Crippen LogP contribution in [0.3, 0.4) is 0 Å². The summed E-state index contributed by atoms with van der Waals surface area (Å²) in [6, 6.07) is 4.67. The normalized spacial score (nSPS) is 9.86. The maximum absolute atomic E-state index is 11.4. The minimum atomic E-state index is -0.338. The smallest absolute Gasteiger partial charge is 0.338 e. The molecule has 76 valence electrons. The highest BCUT2D eigenvalue weighted by molar-refractivity contribution is 5.89. The van der Waals surface area contributed by atoms with Gasteiger partial charge >= 0.3 is 5.97 Å². The van der Waals surface area contributed by atoms with Gasteiger partial charge in [0.1, 0.15) is 5.75 Å². The fourth-order valence-electron chi connectivity index (χ4n) is 1.06. The zero-order valence-electron chi connectivity index (χ0n) is 8.41. The highest BCUT2D eigenvalue weighted by atomic mass is 16.5. The van der Waals surface area contributed by atoms with Gasteiger partial charge in [0.05, 0.1) is 12.2 Å². The summed E-state index contributed by atoms with van der Waals surface area (Å²) >= 11 is 0. The summed E-state index contributed by atoms with van der Waals surface area (Å²) < 4.78 is 4.95. The molecule has 0 saturated heterocycles. The molecule has 1 aromatic rings. The molecule has 0 heterocycles. The van der Waals surface area contributed by atoms with Crippen LogP contribution in [0.2, 0.25) is 0 Å². The molecule has 1 aromatic carbocycles. The number of esters is 1. The molecule has 0 aliphatic carbocycles. The molecular weight excluding hydrogens is 180 g/mol. The van der Waals surface area contributed by atoms with Gasteiger partial charge in [0.25, 0.3) is 0 Å². The van der Waals surface area contributed by atoms with Gasteiger partial charge in [-0.1, -0.05) is 6.92 Å². The van der Waals surface area contributed by atoms with E-state index in [-0.39, 0.29) is 11.7 Å². The summed E-state index contributed by atoms with van der Waals surface area (Å²) in [6.45, 7) is 4.11. The summed E-state index contributed by atoms with van der Waals surface area (Å²) in [7, 11) is 0. The van der Waals surface area contributed by atoms with Crippen LogP contribution in [-0.4, -0.2) is 17.7 Å². The number of carbonyl (C=O) groups is 1. The summed E-state index contributed by atoms with van der Waals surface area (Å²) in [5.41, 5.74) is 1.16. The summed E-state index contributed by atoms with van der Waals surface area (Å²) in [5.74, 6) is -0.146. The van der Waals surface area contributed by atoms with E-state index in [2.05, 4.69) is 0 Å². The number of carbonyl (C=O) groups excluding carboxylic acids is 1. The predicted molar refractivity (Wildman–Crippen MR) is 53.4 cm³/mol. The second-order valence-electron chi connectivity index (χ2n) is 3.14. The van der Waals surface area contributed by atoms with Crippen molar-refractivity contribution >= 4 is 5.97 Å². The monoisotopic (exact) mass is 194 g/mol. The maximum Gasteiger partial charge on any atom is 0.338 e. The van der Waals surface area contributed by atoms with Gasteiger partial charge in [-0.25, -0.2) is 4.79 Å². The van der Waals surface area contributed by atoms with E-state index in [0.717, 1.165) is 6.42 Å². The molecule has 0 spiro atoms. The van der Waals surface area contributed by atoms with Gasteiger partial charge in [0.2, 0.25) is 0 Å². The molecule has 0 aliphatic heterocycles. The van der Waals surface area contributed by atoms with Gasteiger partial charge in [0, 0.05) is 0 Å². The van der Waals surface area contributed by atoms with Gasteiger partial charge in [-0.05, 0) is 37.1 Å². The van der Waals surface area contributed by atoms with Crippen LogP contribution in [0.4, 0.5) is 0 Å². The first-order chi connectivity index (χ1) is 6.65. The molecule has 3 heteroatoms. The molecular formula is C11H14O3. The predicted octanol–water partition coefficient (Wildman–Crippen LogP) is 2.27. The van der Waals surface area contributed by atoms with Crippen LogP contribution < -0.4 is 0 Å². The first-order valence-electron chi connectivity index (χ1n) is 4.62. The van der Waals surface area contributed by atoms with Gasteiger partial charge in [0.15, 0.2) is 0 Å². The van der Waals surface area contributed by atoms with Gasteiger partial charge in [-0.3, -0.25) is 0 Å². The third kappa shape index (κ3) is 2.49. The van der Waals surface area contributed by atoms with Crippen molar-refractivity contribution in [1.29, 1.82) is 0 Å². The Balaban J connectivity index is 2.76. The fraction of sp³-hybridized carbons (Fsp3) is 0.364. The van der Waals surface area contributed by atoms with Gasteiger partial charge in [-0.15, -0.1) is 0 Å². The Kier molecular flexibility index (Phi) is 3.51. The first kappa shape index (κ1) is 10.6. The highest BCUT2D eigenvalue weighted by Gasteiger charge is 2.07. The number of phenols is 1. The van der Waals surface area contributed by atoms with E-state index in [1.54, 1.807) is 19.1 Å². The molecule has 0 amide bonds. The molecule has 0 saturated carbocycles. The summed E-state index contributed by atoms with van der Waals surface area (Å²) in [6.07, 6.45) is 0.808. The summed E-state index contributed by atoms with van der Waals surface area (Å²) in [4.78, 5) is 11.4. The largest absolute Gasteiger partial charge is 0.508 e. The second kappa shape index (κ2) is 4.65. The maximum atomic E-state index is 11.4. The lowest BCUT2D eigenvalue weighted by molar-refractivity contribution is 0.0505. The first-order valence-corrected chi connectivity index (χ1v) is 4.62. The van der Waals surface area contributed by atoms with Crippen LogP contribution in [-0.2, 0) is 4.74 Å². The minimum Gasteiger partial charge on any atom is -0.508 e. The van der Waals surface area contributed by atoms with Crippen molar-refractivity contribution < 1.29 is 14.6 Å². The van der Waals surface area contributed by atoms with Gasteiger partial charge in [-0.2, -0.15) is 0 Å². The van der Waals surface area contributed by atoms with Crippen LogP contribution in [0, 0.1) is 6.92 Å². The Bertz CT molecular complexity index is 331. The number of aromatic hydroxyl groups is 1. The number of rotatable bonds is 3.